The number of piperazine rings is 1. The molecular formula is C10H16N4. The monoisotopic (exact) mass is 192 g/mol. The van der Waals surface area contributed by atoms with E-state index in [2.05, 4.69) is 27.1 Å². The van der Waals surface area contributed by atoms with Crippen LogP contribution in [0.3, 0.4) is 0 Å². The molecule has 1 aromatic rings. The molecule has 1 fully saturated rings. The van der Waals surface area contributed by atoms with E-state index in [1.54, 1.807) is 12.4 Å². The molecule has 0 radical (unpaired) electrons. The maximum absolute atomic E-state index is 4.27. The maximum atomic E-state index is 4.27. The fourth-order valence-corrected chi connectivity index (χ4v) is 1.80. The predicted molar refractivity (Wildman–Crippen MR) is 54.8 cm³/mol. The molecule has 0 spiro atoms. The zero-order chi connectivity index (χ0) is 9.80. The van der Waals surface area contributed by atoms with Gasteiger partial charge >= 0.3 is 0 Å². The van der Waals surface area contributed by atoms with Crippen LogP contribution in [0.4, 0.5) is 0 Å². The van der Waals surface area contributed by atoms with Crippen molar-refractivity contribution in [3.05, 3.63) is 24.3 Å². The second kappa shape index (κ2) is 4.48. The van der Waals surface area contributed by atoms with E-state index in [0.717, 1.165) is 31.9 Å². The number of aromatic nitrogens is 2. The summed E-state index contributed by atoms with van der Waals surface area (Å²) in [5.41, 5.74) is 1.06. The quantitative estimate of drug-likeness (QED) is 0.730. The third-order valence-electron chi connectivity index (χ3n) is 2.46. The fourth-order valence-electron chi connectivity index (χ4n) is 1.80. The van der Waals surface area contributed by atoms with Crippen LogP contribution in [0.2, 0.25) is 0 Å². The summed E-state index contributed by atoms with van der Waals surface area (Å²) < 4.78 is 0. The van der Waals surface area contributed by atoms with Crippen molar-refractivity contribution in [2.75, 3.05) is 19.6 Å². The molecule has 0 amide bonds. The minimum absolute atomic E-state index is 0.584. The van der Waals surface area contributed by atoms with Gasteiger partial charge in [-0.05, 0) is 6.92 Å². The Morgan fingerprint density at radius 1 is 1.57 bits per heavy atom. The lowest BCUT2D eigenvalue weighted by molar-refractivity contribution is 0.197. The lowest BCUT2D eigenvalue weighted by Crippen LogP contribution is -2.48. The molecule has 4 nitrogen and oxygen atoms in total. The summed E-state index contributed by atoms with van der Waals surface area (Å²) in [7, 11) is 0. The largest absolute Gasteiger partial charge is 0.312 e. The van der Waals surface area contributed by atoms with Crippen molar-refractivity contribution in [3.8, 4) is 0 Å². The van der Waals surface area contributed by atoms with Crippen molar-refractivity contribution in [1.29, 1.82) is 0 Å². The predicted octanol–water partition coefficient (Wildman–Crippen LogP) is 0.270. The van der Waals surface area contributed by atoms with Crippen LogP contribution in [0.5, 0.6) is 0 Å². The lowest BCUT2D eigenvalue weighted by Gasteiger charge is -2.31. The Kier molecular flexibility index (Phi) is 3.06. The van der Waals surface area contributed by atoms with Crippen molar-refractivity contribution >= 4 is 0 Å². The van der Waals surface area contributed by atoms with Gasteiger partial charge in [-0.3, -0.25) is 14.9 Å². The molecule has 1 aliphatic rings. The summed E-state index contributed by atoms with van der Waals surface area (Å²) in [5, 5.41) is 3.42. The first-order chi connectivity index (χ1) is 6.84. The molecule has 1 aromatic heterocycles. The van der Waals surface area contributed by atoms with E-state index >= 15 is 0 Å². The van der Waals surface area contributed by atoms with Crippen LogP contribution in [0.15, 0.2) is 18.6 Å². The number of hydrogen-bond acceptors (Lipinski definition) is 4. The molecule has 0 saturated carbocycles. The van der Waals surface area contributed by atoms with Crippen LogP contribution in [-0.4, -0.2) is 40.5 Å². The Morgan fingerprint density at radius 3 is 3.21 bits per heavy atom. The lowest BCUT2D eigenvalue weighted by atomic mass is 10.2. The molecule has 76 valence electrons. The zero-order valence-corrected chi connectivity index (χ0v) is 8.48. The van der Waals surface area contributed by atoms with Gasteiger partial charge in [-0.1, -0.05) is 0 Å². The average molecular weight is 192 g/mol. The Bertz CT molecular complexity index is 275. The van der Waals surface area contributed by atoms with E-state index in [4.69, 9.17) is 0 Å². The van der Waals surface area contributed by atoms with Gasteiger partial charge in [-0.15, -0.1) is 0 Å². The SMILES string of the molecule is CC1CN(Cc2cnccn2)CCN1. The third kappa shape index (κ3) is 2.49. The van der Waals surface area contributed by atoms with E-state index in [1.807, 2.05) is 6.20 Å². The second-order valence-electron chi connectivity index (χ2n) is 3.79. The molecule has 0 aromatic carbocycles. The second-order valence-corrected chi connectivity index (χ2v) is 3.79. The number of hydrogen-bond donors (Lipinski definition) is 1. The first kappa shape index (κ1) is 9.55. The molecule has 1 unspecified atom stereocenters. The number of rotatable bonds is 2. The van der Waals surface area contributed by atoms with Crippen molar-refractivity contribution in [2.45, 2.75) is 19.5 Å². The number of nitrogens with one attached hydrogen (secondary N) is 1. The highest BCUT2D eigenvalue weighted by Crippen LogP contribution is 2.03. The van der Waals surface area contributed by atoms with Gasteiger partial charge < -0.3 is 5.32 Å². The molecule has 0 bridgehead atoms. The van der Waals surface area contributed by atoms with Gasteiger partial charge in [-0.2, -0.15) is 0 Å². The summed E-state index contributed by atoms with van der Waals surface area (Å²) in [6, 6.07) is 0.584. The highest BCUT2D eigenvalue weighted by Gasteiger charge is 2.15. The maximum Gasteiger partial charge on any atom is 0.0726 e. The summed E-state index contributed by atoms with van der Waals surface area (Å²) in [6.07, 6.45) is 5.30. The van der Waals surface area contributed by atoms with Gasteiger partial charge in [0.2, 0.25) is 0 Å². The zero-order valence-electron chi connectivity index (χ0n) is 8.48. The van der Waals surface area contributed by atoms with Crippen LogP contribution >= 0.6 is 0 Å². The van der Waals surface area contributed by atoms with Crippen LogP contribution < -0.4 is 5.32 Å². The normalized spacial score (nSPS) is 23.6. The topological polar surface area (TPSA) is 41.1 Å². The van der Waals surface area contributed by atoms with Crippen LogP contribution in [0.1, 0.15) is 12.6 Å². The van der Waals surface area contributed by atoms with Crippen LogP contribution in [-0.2, 0) is 6.54 Å². The van der Waals surface area contributed by atoms with E-state index in [1.165, 1.54) is 0 Å². The molecule has 2 rings (SSSR count). The Morgan fingerprint density at radius 2 is 2.50 bits per heavy atom. The van der Waals surface area contributed by atoms with E-state index < -0.39 is 0 Å². The Hall–Kier alpha value is -1.00. The van der Waals surface area contributed by atoms with Crippen molar-refractivity contribution in [3.63, 3.8) is 0 Å². The molecule has 1 saturated heterocycles. The minimum Gasteiger partial charge on any atom is -0.312 e. The first-order valence-electron chi connectivity index (χ1n) is 5.05. The fraction of sp³-hybridized carbons (Fsp3) is 0.600. The van der Waals surface area contributed by atoms with Gasteiger partial charge in [0.25, 0.3) is 0 Å². The average Bonchev–Trinajstić information content (AvgIpc) is 2.19. The van der Waals surface area contributed by atoms with Crippen LogP contribution in [0, 0.1) is 0 Å². The van der Waals surface area contributed by atoms with Crippen molar-refractivity contribution < 1.29 is 0 Å². The molecule has 1 N–H and O–H groups in total. The molecule has 0 aliphatic carbocycles. The highest BCUT2D eigenvalue weighted by atomic mass is 15.2. The number of nitrogens with zero attached hydrogens (tertiary/aromatic N) is 3. The summed E-state index contributed by atoms with van der Waals surface area (Å²) in [5.74, 6) is 0. The third-order valence-corrected chi connectivity index (χ3v) is 2.46. The summed E-state index contributed by atoms with van der Waals surface area (Å²) >= 11 is 0. The van der Waals surface area contributed by atoms with Gasteiger partial charge in [0.1, 0.15) is 0 Å². The Balaban J connectivity index is 1.91. The van der Waals surface area contributed by atoms with Gasteiger partial charge in [0, 0.05) is 50.8 Å². The van der Waals surface area contributed by atoms with Gasteiger partial charge in [-0.25, -0.2) is 0 Å². The van der Waals surface area contributed by atoms with Crippen molar-refractivity contribution in [1.82, 2.24) is 20.2 Å². The highest BCUT2D eigenvalue weighted by molar-refractivity contribution is 4.95. The Labute approximate surface area is 84.4 Å². The molecule has 14 heavy (non-hydrogen) atoms. The minimum atomic E-state index is 0.584. The van der Waals surface area contributed by atoms with E-state index in [0.29, 0.717) is 6.04 Å². The summed E-state index contributed by atoms with van der Waals surface area (Å²) in [6.45, 7) is 6.39. The smallest absolute Gasteiger partial charge is 0.0726 e. The first-order valence-corrected chi connectivity index (χ1v) is 5.05. The van der Waals surface area contributed by atoms with E-state index in [9.17, 15) is 0 Å². The molecule has 1 atom stereocenters. The molecular weight excluding hydrogens is 176 g/mol. The summed E-state index contributed by atoms with van der Waals surface area (Å²) in [4.78, 5) is 10.7. The standard InChI is InChI=1S/C10H16N4/c1-9-7-14(5-4-12-9)8-10-6-11-2-3-13-10/h2-3,6,9,12H,4-5,7-8H2,1H3. The van der Waals surface area contributed by atoms with E-state index in [-0.39, 0.29) is 0 Å². The van der Waals surface area contributed by atoms with Gasteiger partial charge in [0.15, 0.2) is 0 Å². The van der Waals surface area contributed by atoms with Crippen LogP contribution in [0.25, 0.3) is 0 Å². The molecule has 2 heterocycles. The molecule has 4 heteroatoms. The van der Waals surface area contributed by atoms with Crippen molar-refractivity contribution in [2.24, 2.45) is 0 Å². The van der Waals surface area contributed by atoms with Gasteiger partial charge in [0.05, 0.1) is 5.69 Å². The molecule has 1 aliphatic heterocycles.